The van der Waals surface area contributed by atoms with Crippen LogP contribution in [-0.4, -0.2) is 31.5 Å². The third-order valence-electron chi connectivity index (χ3n) is 4.53. The molecular formula is C23H25N3O2. The van der Waals surface area contributed by atoms with Crippen molar-refractivity contribution in [1.82, 2.24) is 10.3 Å². The smallest absolute Gasteiger partial charge is 0.258 e. The number of amides is 1. The van der Waals surface area contributed by atoms with Crippen LogP contribution in [0.15, 0.2) is 79.1 Å². The number of pyridine rings is 1. The molecule has 0 aliphatic carbocycles. The van der Waals surface area contributed by atoms with E-state index in [0.29, 0.717) is 11.3 Å². The zero-order valence-corrected chi connectivity index (χ0v) is 16.2. The van der Waals surface area contributed by atoms with Crippen LogP contribution in [0.25, 0.3) is 0 Å². The molecule has 0 fully saturated rings. The van der Waals surface area contributed by atoms with Crippen LogP contribution in [0.3, 0.4) is 0 Å². The van der Waals surface area contributed by atoms with Crippen LogP contribution < -0.4 is 15.0 Å². The van der Waals surface area contributed by atoms with E-state index >= 15 is 0 Å². The van der Waals surface area contributed by atoms with Crippen LogP contribution in [0.1, 0.15) is 28.4 Å². The van der Waals surface area contributed by atoms with E-state index in [9.17, 15) is 4.79 Å². The van der Waals surface area contributed by atoms with Gasteiger partial charge in [0.05, 0.1) is 11.9 Å². The lowest BCUT2D eigenvalue weighted by Gasteiger charge is -2.21. The molecule has 0 saturated carbocycles. The number of carbonyl (C=O) groups is 1. The Hall–Kier alpha value is -3.18. The number of nitrogens with zero attached hydrogens (tertiary/aromatic N) is 2. The number of aromatic nitrogens is 1. The van der Waals surface area contributed by atoms with Crippen LogP contribution in [0.5, 0.6) is 5.75 Å². The summed E-state index contributed by atoms with van der Waals surface area (Å²) in [6.07, 6.45) is 4.09. The van der Waals surface area contributed by atoms with Gasteiger partial charge in [0.1, 0.15) is 11.9 Å². The fourth-order valence-electron chi connectivity index (χ4n) is 2.97. The van der Waals surface area contributed by atoms with Crippen molar-refractivity contribution in [1.29, 1.82) is 0 Å². The maximum Gasteiger partial charge on any atom is 0.258 e. The predicted molar refractivity (Wildman–Crippen MR) is 112 cm³/mol. The maximum absolute atomic E-state index is 12.9. The summed E-state index contributed by atoms with van der Waals surface area (Å²) < 4.78 is 6.26. The average Bonchev–Trinajstić information content (AvgIpc) is 2.77. The molecule has 1 atom stereocenters. The summed E-state index contributed by atoms with van der Waals surface area (Å²) in [4.78, 5) is 18.5. The molecule has 5 nitrogen and oxygen atoms in total. The molecule has 1 N–H and O–H groups in total. The van der Waals surface area contributed by atoms with Crippen LogP contribution in [-0.2, 0) is 0 Å². The van der Waals surface area contributed by atoms with Crippen LogP contribution in [0.2, 0.25) is 0 Å². The number of nitrogens with one attached hydrogen (secondary N) is 1. The van der Waals surface area contributed by atoms with E-state index in [1.165, 1.54) is 0 Å². The van der Waals surface area contributed by atoms with Gasteiger partial charge in [-0.2, -0.15) is 0 Å². The molecule has 1 aromatic heterocycles. The number of benzene rings is 2. The second-order valence-electron chi connectivity index (χ2n) is 6.51. The first-order valence-corrected chi connectivity index (χ1v) is 9.33. The molecule has 0 saturated heterocycles. The van der Waals surface area contributed by atoms with Crippen LogP contribution in [0.4, 0.5) is 5.69 Å². The van der Waals surface area contributed by atoms with Crippen molar-refractivity contribution in [3.63, 3.8) is 0 Å². The standard InChI is InChI=1S/C23H25N3O2/c1-24-15-13-22(18-8-4-3-5-9-18)28-21-12-6-10-19(16-21)23(27)26(2)20-11-7-14-25-17-20/h3-12,14,16-17,22,24H,13,15H2,1-2H3. The van der Waals surface area contributed by atoms with E-state index in [-0.39, 0.29) is 12.0 Å². The lowest BCUT2D eigenvalue weighted by atomic mass is 10.1. The molecule has 1 heterocycles. The number of ether oxygens (including phenoxy) is 1. The van der Waals surface area contributed by atoms with E-state index in [1.54, 1.807) is 36.5 Å². The minimum Gasteiger partial charge on any atom is -0.486 e. The summed E-state index contributed by atoms with van der Waals surface area (Å²) in [7, 11) is 3.67. The number of hydrogen-bond donors (Lipinski definition) is 1. The molecule has 0 aliphatic rings. The van der Waals surface area contributed by atoms with Crippen molar-refractivity contribution >= 4 is 11.6 Å². The quantitative estimate of drug-likeness (QED) is 0.644. The highest BCUT2D eigenvalue weighted by Crippen LogP contribution is 2.26. The molecule has 3 aromatic rings. The minimum absolute atomic E-state index is 0.0879. The molecule has 0 spiro atoms. The second-order valence-corrected chi connectivity index (χ2v) is 6.51. The van der Waals surface area contributed by atoms with Gasteiger partial charge in [0.15, 0.2) is 0 Å². The number of anilines is 1. The lowest BCUT2D eigenvalue weighted by Crippen LogP contribution is -2.26. The number of rotatable bonds is 8. The monoisotopic (exact) mass is 375 g/mol. The van der Waals surface area contributed by atoms with Gasteiger partial charge in [0.2, 0.25) is 0 Å². The average molecular weight is 375 g/mol. The first-order chi connectivity index (χ1) is 13.7. The van der Waals surface area contributed by atoms with Gasteiger partial charge >= 0.3 is 0 Å². The second kappa shape index (κ2) is 9.67. The van der Waals surface area contributed by atoms with Gasteiger partial charge < -0.3 is 15.0 Å². The highest BCUT2D eigenvalue weighted by atomic mass is 16.5. The largest absolute Gasteiger partial charge is 0.486 e. The number of carbonyl (C=O) groups excluding carboxylic acids is 1. The lowest BCUT2D eigenvalue weighted by molar-refractivity contribution is 0.0992. The third kappa shape index (κ3) is 4.96. The van der Waals surface area contributed by atoms with Crippen molar-refractivity contribution in [2.75, 3.05) is 25.5 Å². The van der Waals surface area contributed by atoms with Gasteiger partial charge in [-0.1, -0.05) is 36.4 Å². The molecule has 0 bridgehead atoms. The minimum atomic E-state index is -0.107. The SMILES string of the molecule is CNCCC(Oc1cccc(C(=O)N(C)c2cccnc2)c1)c1ccccc1. The summed E-state index contributed by atoms with van der Waals surface area (Å²) in [5.41, 5.74) is 2.43. The molecule has 5 heteroatoms. The zero-order chi connectivity index (χ0) is 19.8. The predicted octanol–water partition coefficient (Wildman–Crippen LogP) is 4.09. The molecule has 28 heavy (non-hydrogen) atoms. The van der Waals surface area contributed by atoms with Gasteiger partial charge in [0, 0.05) is 25.2 Å². The van der Waals surface area contributed by atoms with Gasteiger partial charge in [-0.15, -0.1) is 0 Å². The summed E-state index contributed by atoms with van der Waals surface area (Å²) in [6.45, 7) is 0.835. The van der Waals surface area contributed by atoms with Gasteiger partial charge in [0.25, 0.3) is 5.91 Å². The summed E-state index contributed by atoms with van der Waals surface area (Å²) in [6, 6.07) is 21.1. The molecule has 3 rings (SSSR count). The van der Waals surface area contributed by atoms with E-state index in [0.717, 1.165) is 24.2 Å². The van der Waals surface area contributed by atoms with Crippen molar-refractivity contribution in [2.45, 2.75) is 12.5 Å². The summed E-state index contributed by atoms with van der Waals surface area (Å²) in [5.74, 6) is 0.570. The Morgan fingerprint density at radius 2 is 1.93 bits per heavy atom. The highest BCUT2D eigenvalue weighted by Gasteiger charge is 2.17. The van der Waals surface area contributed by atoms with E-state index < -0.39 is 0 Å². The van der Waals surface area contributed by atoms with Crippen LogP contribution >= 0.6 is 0 Å². The molecule has 1 unspecified atom stereocenters. The number of hydrogen-bond acceptors (Lipinski definition) is 4. The van der Waals surface area contributed by atoms with E-state index in [4.69, 9.17) is 4.74 Å². The summed E-state index contributed by atoms with van der Waals surface area (Å²) >= 11 is 0. The van der Waals surface area contributed by atoms with Gasteiger partial charge in [-0.25, -0.2) is 0 Å². The first-order valence-electron chi connectivity index (χ1n) is 9.33. The fraction of sp³-hybridized carbons (Fsp3) is 0.217. The van der Waals surface area contributed by atoms with E-state index in [1.807, 2.05) is 49.5 Å². The molecule has 2 aromatic carbocycles. The Morgan fingerprint density at radius 1 is 1.11 bits per heavy atom. The Balaban J connectivity index is 1.78. The van der Waals surface area contributed by atoms with Gasteiger partial charge in [-0.05, 0) is 49.5 Å². The summed E-state index contributed by atoms with van der Waals surface area (Å²) in [5, 5.41) is 3.17. The molecule has 0 aliphatic heterocycles. The Labute approximate surface area is 166 Å². The topological polar surface area (TPSA) is 54.5 Å². The Kier molecular flexibility index (Phi) is 6.76. The Morgan fingerprint density at radius 3 is 2.64 bits per heavy atom. The molecule has 0 radical (unpaired) electrons. The molecule has 144 valence electrons. The fourth-order valence-corrected chi connectivity index (χ4v) is 2.97. The van der Waals surface area contributed by atoms with Crippen molar-refractivity contribution in [3.8, 4) is 5.75 Å². The molecular weight excluding hydrogens is 350 g/mol. The highest BCUT2D eigenvalue weighted by molar-refractivity contribution is 6.05. The Bertz CT molecular complexity index is 885. The van der Waals surface area contributed by atoms with Crippen LogP contribution in [0, 0.1) is 0 Å². The normalized spacial score (nSPS) is 11.6. The third-order valence-corrected chi connectivity index (χ3v) is 4.53. The maximum atomic E-state index is 12.9. The first kappa shape index (κ1) is 19.6. The van der Waals surface area contributed by atoms with E-state index in [2.05, 4.69) is 22.4 Å². The zero-order valence-electron chi connectivity index (χ0n) is 16.2. The van der Waals surface area contributed by atoms with Crippen molar-refractivity contribution in [3.05, 3.63) is 90.3 Å². The van der Waals surface area contributed by atoms with Crippen molar-refractivity contribution in [2.24, 2.45) is 0 Å². The molecule has 1 amide bonds. The van der Waals surface area contributed by atoms with Gasteiger partial charge in [-0.3, -0.25) is 9.78 Å². The van der Waals surface area contributed by atoms with Crippen molar-refractivity contribution < 1.29 is 9.53 Å².